The molecule has 2 unspecified atom stereocenters. The molecule has 2 heterocycles. The Morgan fingerprint density at radius 1 is 1.36 bits per heavy atom. The first kappa shape index (κ1) is 16.5. The fourth-order valence-corrected chi connectivity index (χ4v) is 2.60. The average molecular weight is 324 g/mol. The maximum absolute atomic E-state index is 12.3. The molecule has 0 fully saturated rings. The predicted octanol–water partition coefficient (Wildman–Crippen LogP) is 2.57. The Bertz CT molecular complexity index is 648. The Morgan fingerprint density at radius 2 is 2.09 bits per heavy atom. The molecule has 0 radical (unpaired) electrons. The third-order valence-electron chi connectivity index (χ3n) is 3.78. The topological polar surface area (TPSA) is 64.7 Å². The van der Waals surface area contributed by atoms with Crippen molar-refractivity contribution in [2.45, 2.75) is 46.8 Å². The maximum Gasteiger partial charge on any atom is 0.225 e. The van der Waals surface area contributed by atoms with Crippen molar-refractivity contribution >= 4 is 17.5 Å². The molecule has 2 aromatic heterocycles. The molecule has 120 valence electrons. The van der Waals surface area contributed by atoms with Crippen LogP contribution in [-0.2, 0) is 17.9 Å². The van der Waals surface area contributed by atoms with Crippen LogP contribution in [-0.4, -0.2) is 25.5 Å². The summed E-state index contributed by atoms with van der Waals surface area (Å²) in [7, 11) is 0. The van der Waals surface area contributed by atoms with Gasteiger partial charge < -0.3 is 5.32 Å². The molecule has 1 amide bonds. The van der Waals surface area contributed by atoms with Gasteiger partial charge in [0.1, 0.15) is 0 Å². The van der Waals surface area contributed by atoms with E-state index >= 15 is 0 Å². The number of hydrogen-bond acceptors (Lipinski definition) is 3. The molecule has 0 aliphatic carbocycles. The van der Waals surface area contributed by atoms with Gasteiger partial charge in [0.15, 0.2) is 0 Å². The lowest BCUT2D eigenvalue weighted by Gasteiger charge is -2.17. The number of halogens is 1. The lowest BCUT2D eigenvalue weighted by atomic mass is 10.1. The van der Waals surface area contributed by atoms with Gasteiger partial charge >= 0.3 is 0 Å². The lowest BCUT2D eigenvalue weighted by Crippen LogP contribution is -2.33. The molecule has 7 heteroatoms. The van der Waals surface area contributed by atoms with E-state index in [2.05, 4.69) is 15.5 Å². The van der Waals surface area contributed by atoms with Gasteiger partial charge in [-0.1, -0.05) is 18.5 Å². The molecule has 2 rings (SSSR count). The fraction of sp³-hybridized carbons (Fsp3) is 0.533. The van der Waals surface area contributed by atoms with Crippen molar-refractivity contribution in [3.05, 3.63) is 34.9 Å². The summed E-state index contributed by atoms with van der Waals surface area (Å²) in [5, 5.41) is 12.0. The van der Waals surface area contributed by atoms with Crippen molar-refractivity contribution in [1.29, 1.82) is 0 Å². The Kier molecular flexibility index (Phi) is 5.24. The highest BCUT2D eigenvalue weighted by atomic mass is 35.5. The highest BCUT2D eigenvalue weighted by molar-refractivity contribution is 6.30. The first-order valence-electron chi connectivity index (χ1n) is 7.43. The third kappa shape index (κ3) is 3.68. The standard InChI is InChI=1S/C15H22ClN5O/c1-5-21-12(4)14(7-18-21)11(3)19-15(22)10(2)8-20-9-13(16)6-17-20/h6-7,9-11H,5,8H2,1-4H3,(H,19,22). The molecule has 0 saturated heterocycles. The SMILES string of the molecule is CCn1ncc(C(C)NC(=O)C(C)Cn2cc(Cl)cn2)c1C. The second-order valence-electron chi connectivity index (χ2n) is 5.51. The van der Waals surface area contributed by atoms with E-state index < -0.39 is 0 Å². The van der Waals surface area contributed by atoms with E-state index in [1.165, 1.54) is 0 Å². The molecule has 0 aliphatic heterocycles. The molecule has 2 aromatic rings. The monoisotopic (exact) mass is 323 g/mol. The minimum absolute atomic E-state index is 0.0113. The minimum atomic E-state index is -0.194. The molecule has 2 atom stereocenters. The number of aromatic nitrogens is 4. The minimum Gasteiger partial charge on any atom is -0.349 e. The third-order valence-corrected chi connectivity index (χ3v) is 3.97. The molecule has 0 spiro atoms. The van der Waals surface area contributed by atoms with Crippen molar-refractivity contribution in [1.82, 2.24) is 24.9 Å². The highest BCUT2D eigenvalue weighted by Gasteiger charge is 2.19. The van der Waals surface area contributed by atoms with Gasteiger partial charge in [0.25, 0.3) is 0 Å². The van der Waals surface area contributed by atoms with E-state index in [0.717, 1.165) is 17.8 Å². The Hall–Kier alpha value is -1.82. The summed E-state index contributed by atoms with van der Waals surface area (Å²) in [6, 6.07) is -0.0727. The smallest absolute Gasteiger partial charge is 0.225 e. The zero-order chi connectivity index (χ0) is 16.3. The first-order valence-corrected chi connectivity index (χ1v) is 7.80. The van der Waals surface area contributed by atoms with Gasteiger partial charge in [0.05, 0.1) is 35.9 Å². The zero-order valence-electron chi connectivity index (χ0n) is 13.4. The van der Waals surface area contributed by atoms with Crippen LogP contribution in [0.25, 0.3) is 0 Å². The number of nitrogens with zero attached hydrogens (tertiary/aromatic N) is 4. The van der Waals surface area contributed by atoms with Crippen LogP contribution < -0.4 is 5.32 Å². The Labute approximate surface area is 135 Å². The quantitative estimate of drug-likeness (QED) is 0.888. The van der Waals surface area contributed by atoms with E-state index in [1.54, 1.807) is 17.1 Å². The van der Waals surface area contributed by atoms with Crippen LogP contribution in [0.2, 0.25) is 5.02 Å². The molecular formula is C15H22ClN5O. The summed E-state index contributed by atoms with van der Waals surface area (Å²) in [6.45, 7) is 9.23. The van der Waals surface area contributed by atoms with Crippen molar-refractivity contribution in [2.24, 2.45) is 5.92 Å². The summed E-state index contributed by atoms with van der Waals surface area (Å²) in [5.41, 5.74) is 2.13. The van der Waals surface area contributed by atoms with Crippen molar-refractivity contribution in [3.8, 4) is 0 Å². The normalized spacial score (nSPS) is 13.9. The number of rotatable bonds is 6. The molecule has 0 saturated carbocycles. The number of nitrogens with one attached hydrogen (secondary N) is 1. The molecule has 22 heavy (non-hydrogen) atoms. The second-order valence-corrected chi connectivity index (χ2v) is 5.95. The van der Waals surface area contributed by atoms with E-state index in [1.807, 2.05) is 38.6 Å². The molecule has 1 N–H and O–H groups in total. The van der Waals surface area contributed by atoms with Gasteiger partial charge in [-0.25, -0.2) is 0 Å². The van der Waals surface area contributed by atoms with Gasteiger partial charge in [-0.3, -0.25) is 14.2 Å². The van der Waals surface area contributed by atoms with Crippen LogP contribution >= 0.6 is 11.6 Å². The van der Waals surface area contributed by atoms with Crippen molar-refractivity contribution < 1.29 is 4.79 Å². The van der Waals surface area contributed by atoms with Gasteiger partial charge in [-0.2, -0.15) is 10.2 Å². The molecule has 0 bridgehead atoms. The van der Waals surface area contributed by atoms with Crippen LogP contribution in [0.15, 0.2) is 18.6 Å². The maximum atomic E-state index is 12.3. The number of amides is 1. The van der Waals surface area contributed by atoms with Crippen LogP contribution in [0.1, 0.15) is 38.1 Å². The number of carbonyl (C=O) groups is 1. The Balaban J connectivity index is 1.96. The van der Waals surface area contributed by atoms with E-state index in [4.69, 9.17) is 11.6 Å². The number of hydrogen-bond donors (Lipinski definition) is 1. The number of carbonyl (C=O) groups excluding carboxylic acids is 1. The van der Waals surface area contributed by atoms with Gasteiger partial charge in [0.2, 0.25) is 5.91 Å². The van der Waals surface area contributed by atoms with Crippen LogP contribution in [0, 0.1) is 12.8 Å². The summed E-state index contributed by atoms with van der Waals surface area (Å²) in [6.07, 6.45) is 5.10. The number of aryl methyl sites for hydroxylation is 1. The van der Waals surface area contributed by atoms with Crippen LogP contribution in [0.4, 0.5) is 0 Å². The summed E-state index contributed by atoms with van der Waals surface area (Å²) in [4.78, 5) is 12.3. The van der Waals surface area contributed by atoms with Gasteiger partial charge in [-0.05, 0) is 20.8 Å². The van der Waals surface area contributed by atoms with E-state index in [0.29, 0.717) is 11.6 Å². The highest BCUT2D eigenvalue weighted by Crippen LogP contribution is 2.17. The summed E-state index contributed by atoms with van der Waals surface area (Å²) < 4.78 is 3.60. The molecule has 0 aromatic carbocycles. The van der Waals surface area contributed by atoms with Crippen molar-refractivity contribution in [3.63, 3.8) is 0 Å². The average Bonchev–Trinajstić information content (AvgIpc) is 3.04. The summed E-state index contributed by atoms with van der Waals surface area (Å²) in [5.74, 6) is -0.206. The summed E-state index contributed by atoms with van der Waals surface area (Å²) >= 11 is 5.83. The van der Waals surface area contributed by atoms with Gasteiger partial charge in [0, 0.05) is 24.0 Å². The van der Waals surface area contributed by atoms with E-state index in [-0.39, 0.29) is 17.9 Å². The van der Waals surface area contributed by atoms with Crippen LogP contribution in [0.3, 0.4) is 0 Å². The zero-order valence-corrected chi connectivity index (χ0v) is 14.1. The fourth-order valence-electron chi connectivity index (χ4n) is 2.44. The van der Waals surface area contributed by atoms with Crippen molar-refractivity contribution in [2.75, 3.05) is 0 Å². The predicted molar refractivity (Wildman–Crippen MR) is 85.6 cm³/mol. The lowest BCUT2D eigenvalue weighted by molar-refractivity contribution is -0.125. The second kappa shape index (κ2) is 6.96. The van der Waals surface area contributed by atoms with Gasteiger partial charge in [-0.15, -0.1) is 0 Å². The molecular weight excluding hydrogens is 302 g/mol. The molecule has 0 aliphatic rings. The van der Waals surface area contributed by atoms with Crippen LogP contribution in [0.5, 0.6) is 0 Å². The Morgan fingerprint density at radius 3 is 2.64 bits per heavy atom. The van der Waals surface area contributed by atoms with E-state index in [9.17, 15) is 4.79 Å². The first-order chi connectivity index (χ1) is 10.4. The molecule has 6 nitrogen and oxygen atoms in total. The largest absolute Gasteiger partial charge is 0.349 e.